The number of hydrogen-bond acceptors (Lipinski definition) is 5. The van der Waals surface area contributed by atoms with Gasteiger partial charge in [0, 0.05) is 24.1 Å². The molecular formula is C22H23N3O4. The zero-order valence-electron chi connectivity index (χ0n) is 16.7. The van der Waals surface area contributed by atoms with Crippen molar-refractivity contribution in [2.45, 2.75) is 32.4 Å². The summed E-state index contributed by atoms with van der Waals surface area (Å²) in [5, 5.41) is 3.52. The van der Waals surface area contributed by atoms with Crippen LogP contribution in [0, 0.1) is 0 Å². The van der Waals surface area contributed by atoms with Crippen LogP contribution in [0.3, 0.4) is 0 Å². The molecule has 0 aliphatic carbocycles. The Morgan fingerprint density at radius 1 is 1.17 bits per heavy atom. The van der Waals surface area contributed by atoms with Crippen molar-refractivity contribution in [2.75, 3.05) is 14.2 Å². The molecule has 1 aliphatic rings. The fourth-order valence-electron chi connectivity index (χ4n) is 3.76. The summed E-state index contributed by atoms with van der Waals surface area (Å²) in [6, 6.07) is 10.2. The second kappa shape index (κ2) is 7.58. The fourth-order valence-corrected chi connectivity index (χ4v) is 3.76. The maximum Gasteiger partial charge on any atom is 0.261 e. The smallest absolute Gasteiger partial charge is 0.261 e. The average Bonchev–Trinajstić information content (AvgIpc) is 3.21. The highest BCUT2D eigenvalue weighted by Gasteiger charge is 2.19. The van der Waals surface area contributed by atoms with Gasteiger partial charge in [0.2, 0.25) is 0 Å². The van der Waals surface area contributed by atoms with Crippen molar-refractivity contribution < 1.29 is 14.3 Å². The summed E-state index contributed by atoms with van der Waals surface area (Å²) in [5.41, 5.74) is 1.79. The molecule has 1 N–H and O–H groups in total. The summed E-state index contributed by atoms with van der Waals surface area (Å²) in [6.45, 7) is 2.59. The van der Waals surface area contributed by atoms with Crippen molar-refractivity contribution in [3.05, 3.63) is 63.7 Å². The molecular weight excluding hydrogens is 370 g/mol. The molecule has 7 heteroatoms. The molecule has 0 saturated carbocycles. The second-order valence-corrected chi connectivity index (χ2v) is 7.12. The molecule has 1 aliphatic heterocycles. The van der Waals surface area contributed by atoms with E-state index in [1.807, 2.05) is 25.1 Å². The van der Waals surface area contributed by atoms with Crippen LogP contribution in [0.5, 0.6) is 11.5 Å². The lowest BCUT2D eigenvalue weighted by molar-refractivity contribution is 0.0939. The minimum atomic E-state index is -0.304. The number of hydrogen-bond donors (Lipinski definition) is 1. The Labute approximate surface area is 168 Å². The maximum atomic E-state index is 12.9. The van der Waals surface area contributed by atoms with Gasteiger partial charge in [-0.25, -0.2) is 4.98 Å². The third kappa shape index (κ3) is 3.44. The normalized spacial score (nSPS) is 13.8. The summed E-state index contributed by atoms with van der Waals surface area (Å²) in [7, 11) is 3.18. The number of fused-ring (bicyclic) bond motifs is 2. The van der Waals surface area contributed by atoms with Crippen LogP contribution in [0.4, 0.5) is 0 Å². The van der Waals surface area contributed by atoms with Crippen LogP contribution in [0.25, 0.3) is 10.9 Å². The second-order valence-electron chi connectivity index (χ2n) is 7.12. The van der Waals surface area contributed by atoms with Gasteiger partial charge in [-0.2, -0.15) is 0 Å². The summed E-state index contributed by atoms with van der Waals surface area (Å²) < 4.78 is 12.4. The van der Waals surface area contributed by atoms with E-state index in [9.17, 15) is 9.59 Å². The van der Waals surface area contributed by atoms with E-state index >= 15 is 0 Å². The Bertz CT molecular complexity index is 1150. The molecule has 0 fully saturated rings. The van der Waals surface area contributed by atoms with E-state index in [-0.39, 0.29) is 17.5 Å². The lowest BCUT2D eigenvalue weighted by Gasteiger charge is -2.18. The highest BCUT2D eigenvalue weighted by molar-refractivity contribution is 5.97. The molecule has 4 rings (SSSR count). The first kappa shape index (κ1) is 19.0. The lowest BCUT2D eigenvalue weighted by Crippen LogP contribution is -2.27. The molecule has 3 aromatic rings. The van der Waals surface area contributed by atoms with Crippen LogP contribution < -0.4 is 20.3 Å². The van der Waals surface area contributed by atoms with E-state index < -0.39 is 0 Å². The molecule has 1 atom stereocenters. The first-order valence-corrected chi connectivity index (χ1v) is 9.58. The number of rotatable bonds is 5. The minimum Gasteiger partial charge on any atom is -0.497 e. The van der Waals surface area contributed by atoms with E-state index in [0.29, 0.717) is 34.5 Å². The van der Waals surface area contributed by atoms with E-state index in [4.69, 9.17) is 9.47 Å². The number of nitrogens with one attached hydrogen (secondary N) is 1. The Morgan fingerprint density at radius 3 is 2.76 bits per heavy atom. The quantitative estimate of drug-likeness (QED) is 0.721. The summed E-state index contributed by atoms with van der Waals surface area (Å²) in [5.74, 6) is 1.90. The molecule has 29 heavy (non-hydrogen) atoms. The Balaban J connectivity index is 1.63. The predicted octanol–water partition coefficient (Wildman–Crippen LogP) is 2.85. The number of nitrogens with zero attached hydrogens (tertiary/aromatic N) is 2. The summed E-state index contributed by atoms with van der Waals surface area (Å²) in [6.07, 6.45) is 1.71. The van der Waals surface area contributed by atoms with Crippen LogP contribution in [-0.4, -0.2) is 29.7 Å². The molecule has 0 bridgehead atoms. The van der Waals surface area contributed by atoms with Gasteiger partial charge in [0.1, 0.15) is 17.3 Å². The number of methoxy groups -OCH3 is 2. The van der Waals surface area contributed by atoms with Crippen LogP contribution >= 0.6 is 0 Å². The Kier molecular flexibility index (Phi) is 4.96. The van der Waals surface area contributed by atoms with Crippen LogP contribution in [0.1, 0.15) is 41.1 Å². The van der Waals surface area contributed by atoms with E-state index in [1.165, 1.54) is 0 Å². The molecule has 1 amide bonds. The fraction of sp³-hybridized carbons (Fsp3) is 0.318. The van der Waals surface area contributed by atoms with Gasteiger partial charge in [0.25, 0.3) is 11.5 Å². The topological polar surface area (TPSA) is 82.5 Å². The van der Waals surface area contributed by atoms with Gasteiger partial charge in [-0.1, -0.05) is 0 Å². The van der Waals surface area contributed by atoms with E-state index in [2.05, 4.69) is 10.3 Å². The summed E-state index contributed by atoms with van der Waals surface area (Å²) in [4.78, 5) is 30.0. The molecule has 2 heterocycles. The first-order valence-electron chi connectivity index (χ1n) is 9.58. The highest BCUT2D eigenvalue weighted by Crippen LogP contribution is 2.29. The zero-order valence-corrected chi connectivity index (χ0v) is 16.7. The first-order chi connectivity index (χ1) is 14.0. The number of carbonyl (C=O) groups excluding carboxylic acids is 1. The monoisotopic (exact) mass is 393 g/mol. The van der Waals surface area contributed by atoms with Gasteiger partial charge in [0.05, 0.1) is 31.2 Å². The predicted molar refractivity (Wildman–Crippen MR) is 110 cm³/mol. The number of amides is 1. The van der Waals surface area contributed by atoms with E-state index in [0.717, 1.165) is 24.2 Å². The van der Waals surface area contributed by atoms with Crippen molar-refractivity contribution >= 4 is 16.8 Å². The number of benzene rings is 2. The molecule has 0 spiro atoms. The van der Waals surface area contributed by atoms with Gasteiger partial charge in [-0.3, -0.25) is 14.2 Å². The van der Waals surface area contributed by atoms with Crippen molar-refractivity contribution in [1.82, 2.24) is 14.9 Å². The lowest BCUT2D eigenvalue weighted by atomic mass is 10.1. The van der Waals surface area contributed by atoms with E-state index in [1.54, 1.807) is 37.0 Å². The minimum absolute atomic E-state index is 0.0380. The van der Waals surface area contributed by atoms with Gasteiger partial charge < -0.3 is 14.8 Å². The Hall–Kier alpha value is -3.35. The SMILES string of the molecule is COc1ccc(OC)c([C@@H](C)NC(=O)c2ccc3c(=O)n4c(nc3c2)CCC4)c1. The van der Waals surface area contributed by atoms with Gasteiger partial charge in [-0.15, -0.1) is 0 Å². The maximum absolute atomic E-state index is 12.9. The van der Waals surface area contributed by atoms with Gasteiger partial charge >= 0.3 is 0 Å². The standard InChI is InChI=1S/C22H23N3O4/c1-13(17-12-15(28-2)7-9-19(17)29-3)23-21(26)14-6-8-16-18(11-14)24-20-5-4-10-25(20)22(16)27/h6-9,11-13H,4-5,10H2,1-3H3,(H,23,26)/t13-/m1/s1. The largest absolute Gasteiger partial charge is 0.497 e. The van der Waals surface area contributed by atoms with Gasteiger partial charge in [0.15, 0.2) is 0 Å². The molecule has 7 nitrogen and oxygen atoms in total. The summed E-state index contributed by atoms with van der Waals surface area (Å²) >= 11 is 0. The third-order valence-electron chi connectivity index (χ3n) is 5.33. The van der Waals surface area contributed by atoms with Crippen molar-refractivity contribution in [1.29, 1.82) is 0 Å². The van der Waals surface area contributed by atoms with Crippen molar-refractivity contribution in [3.63, 3.8) is 0 Å². The average molecular weight is 393 g/mol. The molecule has 1 aromatic heterocycles. The van der Waals surface area contributed by atoms with Crippen molar-refractivity contribution in [3.8, 4) is 11.5 Å². The van der Waals surface area contributed by atoms with Crippen LogP contribution in [-0.2, 0) is 13.0 Å². The molecule has 2 aromatic carbocycles. The molecule has 150 valence electrons. The van der Waals surface area contributed by atoms with Crippen LogP contribution in [0.2, 0.25) is 0 Å². The van der Waals surface area contributed by atoms with Gasteiger partial charge in [-0.05, 0) is 49.7 Å². The highest BCUT2D eigenvalue weighted by atomic mass is 16.5. The Morgan fingerprint density at radius 2 is 2.00 bits per heavy atom. The van der Waals surface area contributed by atoms with Crippen molar-refractivity contribution in [2.24, 2.45) is 0 Å². The number of ether oxygens (including phenoxy) is 2. The number of carbonyl (C=O) groups is 1. The molecule has 0 unspecified atom stereocenters. The molecule has 0 saturated heterocycles. The third-order valence-corrected chi connectivity index (χ3v) is 5.33. The number of aromatic nitrogens is 2. The zero-order chi connectivity index (χ0) is 20.5. The van der Waals surface area contributed by atoms with Crippen LogP contribution in [0.15, 0.2) is 41.2 Å². The molecule has 0 radical (unpaired) electrons. The number of aryl methyl sites for hydroxylation is 1.